The van der Waals surface area contributed by atoms with Crippen molar-refractivity contribution in [3.8, 4) is 17.6 Å². The summed E-state index contributed by atoms with van der Waals surface area (Å²) in [5.41, 5.74) is 4.55. The molecule has 160 valence electrons. The molecule has 1 aromatic heterocycles. The number of methoxy groups -OCH3 is 1. The molecule has 0 bridgehead atoms. The summed E-state index contributed by atoms with van der Waals surface area (Å²) in [7, 11) is 1.69. The molecule has 3 aromatic rings. The molecular weight excluding hydrogens is 390 g/mol. The fourth-order valence-electron chi connectivity index (χ4n) is 3.12. The predicted octanol–water partition coefficient (Wildman–Crippen LogP) is 2.64. The van der Waals surface area contributed by atoms with E-state index in [2.05, 4.69) is 39.3 Å². The number of aliphatic hydroxyl groups excluding tert-OH is 1. The van der Waals surface area contributed by atoms with Crippen LogP contribution >= 0.6 is 0 Å². The number of nitrogens with zero attached hydrogens (tertiary/aromatic N) is 2. The maximum atomic E-state index is 9.87. The standard InChI is InChI=1S/C25H27N3O3/c1-31-13-12-26-15-21-6-4-19(5-7-21)2-3-20-8-10-22(11-9-20)23(17-29)14-24-25(30)16-27-18-28-24/h4-11,16,18,23,26,29-30H,12-15,17H2,1H3. The Kier molecular flexibility index (Phi) is 8.56. The zero-order valence-electron chi connectivity index (χ0n) is 17.6. The van der Waals surface area contributed by atoms with Gasteiger partial charge in [-0.05, 0) is 35.4 Å². The molecule has 0 spiro atoms. The first-order valence-corrected chi connectivity index (χ1v) is 10.2. The summed E-state index contributed by atoms with van der Waals surface area (Å²) in [6.07, 6.45) is 3.19. The summed E-state index contributed by atoms with van der Waals surface area (Å²) in [5.74, 6) is 6.25. The molecule has 1 atom stereocenters. The number of aromatic nitrogens is 2. The Morgan fingerprint density at radius 2 is 1.71 bits per heavy atom. The minimum atomic E-state index is -0.159. The molecule has 0 fully saturated rings. The van der Waals surface area contributed by atoms with E-state index >= 15 is 0 Å². The van der Waals surface area contributed by atoms with E-state index in [0.717, 1.165) is 29.8 Å². The summed E-state index contributed by atoms with van der Waals surface area (Å²) < 4.78 is 5.02. The van der Waals surface area contributed by atoms with E-state index in [-0.39, 0.29) is 18.3 Å². The van der Waals surface area contributed by atoms with Crippen molar-refractivity contribution in [3.63, 3.8) is 0 Å². The number of aromatic hydroxyl groups is 1. The zero-order chi connectivity index (χ0) is 21.9. The molecule has 0 aliphatic rings. The van der Waals surface area contributed by atoms with Gasteiger partial charge in [0.1, 0.15) is 6.33 Å². The summed E-state index contributed by atoms with van der Waals surface area (Å²) in [6.45, 7) is 2.29. The third-order valence-electron chi connectivity index (χ3n) is 4.93. The molecule has 31 heavy (non-hydrogen) atoms. The van der Waals surface area contributed by atoms with Crippen LogP contribution in [0.15, 0.2) is 61.1 Å². The summed E-state index contributed by atoms with van der Waals surface area (Å²) in [5, 5.41) is 23.0. The number of rotatable bonds is 9. The number of ether oxygens (including phenoxy) is 1. The van der Waals surface area contributed by atoms with Crippen LogP contribution in [0.3, 0.4) is 0 Å². The van der Waals surface area contributed by atoms with Crippen molar-refractivity contribution in [2.75, 3.05) is 26.9 Å². The summed E-state index contributed by atoms with van der Waals surface area (Å²) in [4.78, 5) is 7.88. The number of hydrogen-bond acceptors (Lipinski definition) is 6. The van der Waals surface area contributed by atoms with Gasteiger partial charge < -0.3 is 20.3 Å². The van der Waals surface area contributed by atoms with Gasteiger partial charge in [0.15, 0.2) is 5.75 Å². The lowest BCUT2D eigenvalue weighted by Crippen LogP contribution is -2.18. The molecule has 0 aliphatic heterocycles. The maximum Gasteiger partial charge on any atom is 0.155 e. The van der Waals surface area contributed by atoms with Gasteiger partial charge in [-0.1, -0.05) is 36.1 Å². The first-order valence-electron chi connectivity index (χ1n) is 10.2. The largest absolute Gasteiger partial charge is 0.504 e. The lowest BCUT2D eigenvalue weighted by Gasteiger charge is -2.14. The zero-order valence-corrected chi connectivity index (χ0v) is 17.6. The van der Waals surface area contributed by atoms with E-state index in [0.29, 0.717) is 18.7 Å². The van der Waals surface area contributed by atoms with Gasteiger partial charge in [0.2, 0.25) is 0 Å². The highest BCUT2D eigenvalue weighted by molar-refractivity contribution is 5.44. The maximum absolute atomic E-state index is 9.87. The highest BCUT2D eigenvalue weighted by atomic mass is 16.5. The molecule has 0 radical (unpaired) electrons. The SMILES string of the molecule is COCCNCc1ccc(C#Cc2ccc(C(CO)Cc3ncncc3O)cc2)cc1. The minimum absolute atomic E-state index is 0.0405. The first-order chi connectivity index (χ1) is 15.2. The van der Waals surface area contributed by atoms with Crippen LogP contribution in [0, 0.1) is 11.8 Å². The second-order valence-electron chi connectivity index (χ2n) is 7.18. The van der Waals surface area contributed by atoms with E-state index in [4.69, 9.17) is 4.74 Å². The Morgan fingerprint density at radius 3 is 2.32 bits per heavy atom. The normalized spacial score (nSPS) is 11.5. The van der Waals surface area contributed by atoms with Crippen LogP contribution in [-0.2, 0) is 17.7 Å². The molecule has 0 saturated heterocycles. The molecule has 0 saturated carbocycles. The van der Waals surface area contributed by atoms with Gasteiger partial charge in [-0.25, -0.2) is 9.97 Å². The monoisotopic (exact) mass is 417 g/mol. The Hall–Kier alpha value is -3.24. The molecular formula is C25H27N3O3. The van der Waals surface area contributed by atoms with Crippen LogP contribution in [0.25, 0.3) is 0 Å². The number of nitrogens with one attached hydrogen (secondary N) is 1. The third kappa shape index (κ3) is 6.90. The highest BCUT2D eigenvalue weighted by Crippen LogP contribution is 2.23. The molecule has 2 aromatic carbocycles. The van der Waals surface area contributed by atoms with Crippen molar-refractivity contribution in [2.45, 2.75) is 18.9 Å². The third-order valence-corrected chi connectivity index (χ3v) is 4.93. The molecule has 3 N–H and O–H groups in total. The van der Waals surface area contributed by atoms with Crippen molar-refractivity contribution in [3.05, 3.63) is 89.0 Å². The molecule has 1 heterocycles. The Labute approximate surface area is 183 Å². The quantitative estimate of drug-likeness (QED) is 0.367. The van der Waals surface area contributed by atoms with Crippen LogP contribution in [-0.4, -0.2) is 47.0 Å². The molecule has 0 amide bonds. The number of aliphatic hydroxyl groups is 1. The van der Waals surface area contributed by atoms with Crippen LogP contribution in [0.4, 0.5) is 0 Å². The van der Waals surface area contributed by atoms with Crippen molar-refractivity contribution >= 4 is 0 Å². The van der Waals surface area contributed by atoms with E-state index in [1.165, 1.54) is 18.1 Å². The minimum Gasteiger partial charge on any atom is -0.504 e. The van der Waals surface area contributed by atoms with Crippen LogP contribution in [0.2, 0.25) is 0 Å². The van der Waals surface area contributed by atoms with Crippen LogP contribution in [0.5, 0.6) is 5.75 Å². The van der Waals surface area contributed by atoms with Crippen LogP contribution in [0.1, 0.15) is 33.9 Å². The topological polar surface area (TPSA) is 87.5 Å². The van der Waals surface area contributed by atoms with Gasteiger partial charge in [0, 0.05) is 43.7 Å². The predicted molar refractivity (Wildman–Crippen MR) is 120 cm³/mol. The van der Waals surface area contributed by atoms with E-state index in [1.54, 1.807) is 7.11 Å². The number of hydrogen-bond donors (Lipinski definition) is 3. The highest BCUT2D eigenvalue weighted by Gasteiger charge is 2.14. The van der Waals surface area contributed by atoms with Gasteiger partial charge in [-0.2, -0.15) is 0 Å². The van der Waals surface area contributed by atoms with Crippen LogP contribution < -0.4 is 5.32 Å². The Bertz CT molecular complexity index is 1010. The molecule has 6 nitrogen and oxygen atoms in total. The van der Waals surface area contributed by atoms with E-state index in [9.17, 15) is 10.2 Å². The Morgan fingerprint density at radius 1 is 1.03 bits per heavy atom. The van der Waals surface area contributed by atoms with Gasteiger partial charge in [0.25, 0.3) is 0 Å². The fraction of sp³-hybridized carbons (Fsp3) is 0.280. The Balaban J connectivity index is 1.60. The first kappa shape index (κ1) is 22.4. The van der Waals surface area contributed by atoms with Gasteiger partial charge in [-0.3, -0.25) is 0 Å². The summed E-state index contributed by atoms with van der Waals surface area (Å²) >= 11 is 0. The average molecular weight is 418 g/mol. The molecule has 3 rings (SSSR count). The van der Waals surface area contributed by atoms with E-state index < -0.39 is 0 Å². The fourth-order valence-corrected chi connectivity index (χ4v) is 3.12. The second-order valence-corrected chi connectivity index (χ2v) is 7.18. The van der Waals surface area contributed by atoms with Crippen molar-refractivity contribution in [1.29, 1.82) is 0 Å². The number of benzene rings is 2. The summed E-state index contributed by atoms with van der Waals surface area (Å²) in [6, 6.07) is 16.0. The molecule has 1 unspecified atom stereocenters. The van der Waals surface area contributed by atoms with Gasteiger partial charge in [-0.15, -0.1) is 0 Å². The average Bonchev–Trinajstić information content (AvgIpc) is 2.81. The lowest BCUT2D eigenvalue weighted by atomic mass is 9.94. The molecule has 0 aliphatic carbocycles. The van der Waals surface area contributed by atoms with Crippen molar-refractivity contribution in [2.24, 2.45) is 0 Å². The van der Waals surface area contributed by atoms with E-state index in [1.807, 2.05) is 36.4 Å². The smallest absolute Gasteiger partial charge is 0.155 e. The molecule has 6 heteroatoms. The lowest BCUT2D eigenvalue weighted by molar-refractivity contribution is 0.199. The van der Waals surface area contributed by atoms with Gasteiger partial charge >= 0.3 is 0 Å². The van der Waals surface area contributed by atoms with Crippen molar-refractivity contribution in [1.82, 2.24) is 15.3 Å². The van der Waals surface area contributed by atoms with Gasteiger partial charge in [0.05, 0.1) is 25.1 Å². The second kappa shape index (κ2) is 11.8. The van der Waals surface area contributed by atoms with Crippen molar-refractivity contribution < 1.29 is 14.9 Å².